The van der Waals surface area contributed by atoms with E-state index in [1.807, 2.05) is 4.90 Å². The summed E-state index contributed by atoms with van der Waals surface area (Å²) in [6.07, 6.45) is 0. The molecule has 0 radical (unpaired) electrons. The average molecular weight is 279 g/mol. The van der Waals surface area contributed by atoms with E-state index >= 15 is 0 Å². The predicted octanol–water partition coefficient (Wildman–Crippen LogP) is 0.700. The molecule has 0 aromatic carbocycles. The van der Waals surface area contributed by atoms with Gasteiger partial charge in [0.25, 0.3) is 0 Å². The van der Waals surface area contributed by atoms with Crippen molar-refractivity contribution in [2.75, 3.05) is 43.4 Å². The van der Waals surface area contributed by atoms with Crippen molar-refractivity contribution < 1.29 is 9.72 Å². The first kappa shape index (κ1) is 14.0. The molecule has 1 amide bonds. The summed E-state index contributed by atoms with van der Waals surface area (Å²) in [5, 5.41) is 14.0. The number of amides is 1. The van der Waals surface area contributed by atoms with Crippen LogP contribution in [0.1, 0.15) is 6.92 Å². The molecule has 1 fully saturated rings. The zero-order valence-corrected chi connectivity index (χ0v) is 11.5. The third-order valence-corrected chi connectivity index (χ3v) is 3.33. The number of carbonyl (C=O) groups is 1. The number of piperazine rings is 1. The minimum absolute atomic E-state index is 0.0136. The normalized spacial score (nSPS) is 15.1. The summed E-state index contributed by atoms with van der Waals surface area (Å²) in [5.41, 5.74) is -0.0136. The maximum Gasteiger partial charge on any atom is 0.311 e. The highest BCUT2D eigenvalue weighted by atomic mass is 16.6. The molecule has 1 aliphatic rings. The fourth-order valence-corrected chi connectivity index (χ4v) is 2.19. The zero-order valence-electron chi connectivity index (χ0n) is 11.5. The van der Waals surface area contributed by atoms with Gasteiger partial charge in [-0.25, -0.2) is 4.98 Å². The fraction of sp³-hybridized carbons (Fsp3) is 0.500. The summed E-state index contributed by atoms with van der Waals surface area (Å²) in [5.74, 6) is 0.959. The van der Waals surface area contributed by atoms with Gasteiger partial charge in [0.2, 0.25) is 11.7 Å². The predicted molar refractivity (Wildman–Crippen MR) is 74.9 cm³/mol. The number of nitrogens with zero attached hydrogens (tertiary/aromatic N) is 4. The van der Waals surface area contributed by atoms with Crippen LogP contribution in [0.5, 0.6) is 0 Å². The first-order chi connectivity index (χ1) is 9.52. The van der Waals surface area contributed by atoms with Gasteiger partial charge >= 0.3 is 5.69 Å². The summed E-state index contributed by atoms with van der Waals surface area (Å²) in [7, 11) is 1.71. The van der Waals surface area contributed by atoms with E-state index in [9.17, 15) is 14.9 Å². The SMILES string of the molecule is CNc1ccc([N+](=O)[O-])c(N2CCN(C(C)=O)CC2)n1. The number of pyridine rings is 1. The molecule has 108 valence electrons. The molecule has 2 heterocycles. The van der Waals surface area contributed by atoms with Gasteiger partial charge in [-0.15, -0.1) is 0 Å². The Hall–Kier alpha value is -2.38. The smallest absolute Gasteiger partial charge is 0.311 e. The van der Waals surface area contributed by atoms with Crippen molar-refractivity contribution in [1.29, 1.82) is 0 Å². The molecule has 0 unspecified atom stereocenters. The first-order valence-corrected chi connectivity index (χ1v) is 6.36. The number of hydrogen-bond acceptors (Lipinski definition) is 6. The van der Waals surface area contributed by atoms with Gasteiger partial charge < -0.3 is 15.1 Å². The molecule has 20 heavy (non-hydrogen) atoms. The van der Waals surface area contributed by atoms with Gasteiger partial charge in [-0.05, 0) is 6.07 Å². The van der Waals surface area contributed by atoms with E-state index in [0.29, 0.717) is 37.8 Å². The molecule has 8 heteroatoms. The number of nitrogens with one attached hydrogen (secondary N) is 1. The zero-order chi connectivity index (χ0) is 14.7. The molecule has 0 spiro atoms. The number of hydrogen-bond donors (Lipinski definition) is 1. The Labute approximate surface area is 116 Å². The van der Waals surface area contributed by atoms with Crippen LogP contribution >= 0.6 is 0 Å². The van der Waals surface area contributed by atoms with E-state index in [4.69, 9.17) is 0 Å². The highest BCUT2D eigenvalue weighted by Gasteiger charge is 2.26. The monoisotopic (exact) mass is 279 g/mol. The van der Waals surface area contributed by atoms with Gasteiger partial charge in [0.05, 0.1) is 4.92 Å². The van der Waals surface area contributed by atoms with Crippen LogP contribution in [0.4, 0.5) is 17.3 Å². The average Bonchev–Trinajstić information content (AvgIpc) is 2.46. The van der Waals surface area contributed by atoms with Crippen molar-refractivity contribution in [3.8, 4) is 0 Å². The molecule has 0 aliphatic carbocycles. The molecule has 1 aromatic heterocycles. The number of carbonyl (C=O) groups excluding carboxylic acids is 1. The lowest BCUT2D eigenvalue weighted by molar-refractivity contribution is -0.384. The van der Waals surface area contributed by atoms with Crippen molar-refractivity contribution in [2.24, 2.45) is 0 Å². The van der Waals surface area contributed by atoms with Gasteiger partial charge in [-0.2, -0.15) is 0 Å². The molecular weight excluding hydrogens is 262 g/mol. The lowest BCUT2D eigenvalue weighted by atomic mass is 10.2. The molecule has 8 nitrogen and oxygen atoms in total. The Bertz CT molecular complexity index is 526. The van der Waals surface area contributed by atoms with Crippen LogP contribution < -0.4 is 10.2 Å². The van der Waals surface area contributed by atoms with Crippen LogP contribution in [-0.2, 0) is 4.79 Å². The Balaban J connectivity index is 2.23. The third kappa shape index (κ3) is 2.79. The number of nitro groups is 1. The Morgan fingerprint density at radius 1 is 1.35 bits per heavy atom. The third-order valence-electron chi connectivity index (χ3n) is 3.33. The quantitative estimate of drug-likeness (QED) is 0.647. The molecule has 0 bridgehead atoms. The fourth-order valence-electron chi connectivity index (χ4n) is 2.19. The van der Waals surface area contributed by atoms with E-state index in [1.165, 1.54) is 13.0 Å². The van der Waals surface area contributed by atoms with Gasteiger partial charge in [0, 0.05) is 46.2 Å². The van der Waals surface area contributed by atoms with Crippen LogP contribution in [0.2, 0.25) is 0 Å². The lowest BCUT2D eigenvalue weighted by Crippen LogP contribution is -2.48. The van der Waals surface area contributed by atoms with E-state index in [1.54, 1.807) is 18.0 Å². The van der Waals surface area contributed by atoms with Gasteiger partial charge in [-0.3, -0.25) is 14.9 Å². The standard InChI is InChI=1S/C12H17N5O3/c1-9(18)15-5-7-16(8-6-15)12-10(17(19)20)3-4-11(13-2)14-12/h3-4H,5-8H2,1-2H3,(H,13,14). The summed E-state index contributed by atoms with van der Waals surface area (Å²) in [4.78, 5) is 29.8. The molecular formula is C12H17N5O3. The molecule has 2 rings (SSSR count). The molecule has 1 N–H and O–H groups in total. The lowest BCUT2D eigenvalue weighted by Gasteiger charge is -2.34. The summed E-state index contributed by atoms with van der Waals surface area (Å²) in [6, 6.07) is 3.03. The number of aromatic nitrogens is 1. The summed E-state index contributed by atoms with van der Waals surface area (Å²) in [6.45, 7) is 3.72. The van der Waals surface area contributed by atoms with Gasteiger partial charge in [0.15, 0.2) is 0 Å². The molecule has 1 saturated heterocycles. The Morgan fingerprint density at radius 3 is 2.50 bits per heavy atom. The second kappa shape index (κ2) is 5.72. The van der Waals surface area contributed by atoms with Crippen LogP contribution in [0.15, 0.2) is 12.1 Å². The van der Waals surface area contributed by atoms with Crippen LogP contribution in [0.3, 0.4) is 0 Å². The minimum Gasteiger partial charge on any atom is -0.373 e. The number of rotatable bonds is 3. The van der Waals surface area contributed by atoms with Crippen LogP contribution in [0.25, 0.3) is 0 Å². The highest BCUT2D eigenvalue weighted by molar-refractivity contribution is 5.73. The maximum atomic E-state index is 11.3. The highest BCUT2D eigenvalue weighted by Crippen LogP contribution is 2.28. The van der Waals surface area contributed by atoms with E-state index in [-0.39, 0.29) is 11.6 Å². The first-order valence-electron chi connectivity index (χ1n) is 6.36. The van der Waals surface area contributed by atoms with Crippen LogP contribution in [0, 0.1) is 10.1 Å². The minimum atomic E-state index is -0.431. The van der Waals surface area contributed by atoms with Crippen molar-refractivity contribution in [3.63, 3.8) is 0 Å². The van der Waals surface area contributed by atoms with Gasteiger partial charge in [-0.1, -0.05) is 0 Å². The van der Waals surface area contributed by atoms with Crippen molar-refractivity contribution in [2.45, 2.75) is 6.92 Å². The van der Waals surface area contributed by atoms with E-state index in [0.717, 1.165) is 0 Å². The maximum absolute atomic E-state index is 11.3. The molecule has 0 saturated carbocycles. The Morgan fingerprint density at radius 2 is 2.00 bits per heavy atom. The summed E-state index contributed by atoms with van der Waals surface area (Å²) < 4.78 is 0. The topological polar surface area (TPSA) is 91.6 Å². The summed E-state index contributed by atoms with van der Waals surface area (Å²) >= 11 is 0. The Kier molecular flexibility index (Phi) is 4.02. The largest absolute Gasteiger partial charge is 0.373 e. The number of anilines is 2. The van der Waals surface area contributed by atoms with E-state index in [2.05, 4.69) is 10.3 Å². The second-order valence-corrected chi connectivity index (χ2v) is 4.54. The van der Waals surface area contributed by atoms with Crippen molar-refractivity contribution >= 4 is 23.2 Å². The van der Waals surface area contributed by atoms with Crippen molar-refractivity contribution in [3.05, 3.63) is 22.2 Å². The van der Waals surface area contributed by atoms with Crippen molar-refractivity contribution in [1.82, 2.24) is 9.88 Å². The van der Waals surface area contributed by atoms with E-state index < -0.39 is 4.92 Å². The molecule has 1 aromatic rings. The molecule has 0 atom stereocenters. The second-order valence-electron chi connectivity index (χ2n) is 4.54. The molecule has 1 aliphatic heterocycles. The van der Waals surface area contributed by atoms with Crippen LogP contribution in [-0.4, -0.2) is 53.9 Å². The van der Waals surface area contributed by atoms with Gasteiger partial charge in [0.1, 0.15) is 5.82 Å².